The van der Waals surface area contributed by atoms with Crippen molar-refractivity contribution in [1.82, 2.24) is 0 Å². The third kappa shape index (κ3) is 2.35. The Morgan fingerprint density at radius 2 is 1.92 bits per heavy atom. The summed E-state index contributed by atoms with van der Waals surface area (Å²) in [6.07, 6.45) is 0.821. The number of hydrogen-bond acceptors (Lipinski definition) is 5. The molecule has 0 radical (unpaired) electrons. The minimum atomic E-state index is -0.732. The first-order valence-electron chi connectivity index (χ1n) is 8.03. The molecule has 2 aliphatic heterocycles. The highest BCUT2D eigenvalue weighted by Gasteiger charge is 2.39. The van der Waals surface area contributed by atoms with Crippen LogP contribution in [-0.2, 0) is 6.42 Å². The Hall–Kier alpha value is -2.76. The first-order valence-corrected chi connectivity index (χ1v) is 8.03. The van der Waals surface area contributed by atoms with Crippen LogP contribution in [0.15, 0.2) is 42.5 Å². The normalized spacial score (nSPS) is 19.7. The van der Waals surface area contributed by atoms with Crippen LogP contribution >= 0.6 is 0 Å². The Bertz CT molecular complexity index is 778. The van der Waals surface area contributed by atoms with Gasteiger partial charge in [-0.05, 0) is 41.8 Å². The summed E-state index contributed by atoms with van der Waals surface area (Å²) in [5.74, 6) is 1.40. The van der Waals surface area contributed by atoms with E-state index >= 15 is 0 Å². The summed E-state index contributed by atoms with van der Waals surface area (Å²) >= 11 is 0. The third-order valence-corrected chi connectivity index (χ3v) is 4.79. The van der Waals surface area contributed by atoms with Crippen LogP contribution in [0, 0.1) is 10.1 Å². The van der Waals surface area contributed by atoms with Crippen molar-refractivity contribution in [2.24, 2.45) is 0 Å². The third-order valence-electron chi connectivity index (χ3n) is 4.79. The zero-order chi connectivity index (χ0) is 16.7. The largest absolute Gasteiger partial charge is 0.454 e. The van der Waals surface area contributed by atoms with Gasteiger partial charge in [-0.15, -0.1) is 0 Å². The summed E-state index contributed by atoms with van der Waals surface area (Å²) < 4.78 is 10.9. The number of benzene rings is 2. The van der Waals surface area contributed by atoms with E-state index in [-0.39, 0.29) is 17.8 Å². The highest BCUT2D eigenvalue weighted by Crippen LogP contribution is 2.43. The van der Waals surface area contributed by atoms with E-state index in [0.29, 0.717) is 5.75 Å². The average molecular weight is 326 g/mol. The summed E-state index contributed by atoms with van der Waals surface area (Å²) in [6, 6.07) is 12.7. The average Bonchev–Trinajstić information content (AvgIpc) is 3.06. The lowest BCUT2D eigenvalue weighted by Crippen LogP contribution is -2.43. The van der Waals surface area contributed by atoms with E-state index in [1.807, 2.05) is 42.5 Å². The number of hydrogen-bond donors (Lipinski definition) is 0. The fourth-order valence-electron chi connectivity index (χ4n) is 3.58. The predicted molar refractivity (Wildman–Crippen MR) is 89.3 cm³/mol. The second kappa shape index (κ2) is 5.70. The van der Waals surface area contributed by atoms with Crippen molar-refractivity contribution in [3.63, 3.8) is 0 Å². The molecule has 2 heterocycles. The van der Waals surface area contributed by atoms with Crippen LogP contribution in [0.4, 0.5) is 5.69 Å². The minimum Gasteiger partial charge on any atom is -0.454 e. The molecular weight excluding hydrogens is 308 g/mol. The Morgan fingerprint density at radius 1 is 1.21 bits per heavy atom. The Balaban J connectivity index is 1.82. The van der Waals surface area contributed by atoms with Gasteiger partial charge in [0.2, 0.25) is 12.8 Å². The molecule has 0 spiro atoms. The van der Waals surface area contributed by atoms with Crippen molar-refractivity contribution in [1.29, 1.82) is 0 Å². The molecule has 2 atom stereocenters. The molecule has 0 aliphatic carbocycles. The molecule has 0 bridgehead atoms. The van der Waals surface area contributed by atoms with Gasteiger partial charge < -0.3 is 14.4 Å². The molecule has 24 heavy (non-hydrogen) atoms. The molecule has 4 rings (SSSR count). The predicted octanol–water partition coefficient (Wildman–Crippen LogP) is 3.18. The van der Waals surface area contributed by atoms with Crippen molar-refractivity contribution in [3.8, 4) is 11.5 Å². The first kappa shape index (κ1) is 14.8. The zero-order valence-corrected chi connectivity index (χ0v) is 13.3. The van der Waals surface area contributed by atoms with Crippen molar-refractivity contribution in [2.75, 3.05) is 18.2 Å². The van der Waals surface area contributed by atoms with E-state index in [9.17, 15) is 10.1 Å². The fraction of sp³-hybridized carbons (Fsp3) is 0.333. The summed E-state index contributed by atoms with van der Waals surface area (Å²) in [5, 5.41) is 11.5. The van der Waals surface area contributed by atoms with Gasteiger partial charge in [-0.25, -0.2) is 0 Å². The van der Waals surface area contributed by atoms with Crippen LogP contribution in [0.5, 0.6) is 11.5 Å². The summed E-state index contributed by atoms with van der Waals surface area (Å²) in [6.45, 7) is 2.61. The van der Waals surface area contributed by atoms with Crippen molar-refractivity contribution < 1.29 is 14.4 Å². The molecule has 0 fully saturated rings. The topological polar surface area (TPSA) is 64.8 Å². The molecule has 0 saturated carbocycles. The van der Waals surface area contributed by atoms with E-state index < -0.39 is 6.04 Å². The number of para-hydroxylation sites is 1. The monoisotopic (exact) mass is 326 g/mol. The lowest BCUT2D eigenvalue weighted by atomic mass is 9.88. The number of fused-ring (bicyclic) bond motifs is 2. The molecule has 0 aromatic heterocycles. The molecule has 0 saturated heterocycles. The van der Waals surface area contributed by atoms with Crippen LogP contribution < -0.4 is 14.4 Å². The van der Waals surface area contributed by atoms with Gasteiger partial charge >= 0.3 is 0 Å². The van der Waals surface area contributed by atoms with Crippen molar-refractivity contribution in [2.45, 2.75) is 25.4 Å². The highest BCUT2D eigenvalue weighted by atomic mass is 16.7. The zero-order valence-electron chi connectivity index (χ0n) is 13.3. The number of anilines is 1. The van der Waals surface area contributed by atoms with Crippen molar-refractivity contribution in [3.05, 3.63) is 63.7 Å². The number of nitro groups is 1. The summed E-state index contributed by atoms with van der Waals surface area (Å²) in [5.41, 5.74) is 3.06. The molecular formula is C18H18N2O4. The maximum Gasteiger partial charge on any atom is 0.234 e. The van der Waals surface area contributed by atoms with E-state index in [2.05, 4.69) is 4.90 Å². The molecule has 2 aliphatic rings. The summed E-state index contributed by atoms with van der Waals surface area (Å²) in [7, 11) is 0. The van der Waals surface area contributed by atoms with Gasteiger partial charge in [0.15, 0.2) is 11.5 Å². The van der Waals surface area contributed by atoms with Crippen LogP contribution in [0.2, 0.25) is 0 Å². The van der Waals surface area contributed by atoms with E-state index in [1.165, 1.54) is 0 Å². The van der Waals surface area contributed by atoms with Crippen LogP contribution in [0.25, 0.3) is 0 Å². The highest BCUT2D eigenvalue weighted by molar-refractivity contribution is 5.57. The Labute approximate surface area is 139 Å². The Morgan fingerprint density at radius 3 is 2.62 bits per heavy atom. The minimum absolute atomic E-state index is 0.204. The van der Waals surface area contributed by atoms with Gasteiger partial charge in [-0.3, -0.25) is 10.1 Å². The molecule has 2 aromatic carbocycles. The lowest BCUT2D eigenvalue weighted by Gasteiger charge is -2.39. The Kier molecular flexibility index (Phi) is 3.52. The molecule has 0 N–H and O–H groups in total. The van der Waals surface area contributed by atoms with Gasteiger partial charge in [0.1, 0.15) is 6.04 Å². The molecule has 0 amide bonds. The van der Waals surface area contributed by atoms with Gasteiger partial charge in [-0.1, -0.05) is 18.2 Å². The smallest absolute Gasteiger partial charge is 0.234 e. The quantitative estimate of drug-likeness (QED) is 0.640. The maximum absolute atomic E-state index is 11.5. The number of nitrogens with zero attached hydrogens (tertiary/aromatic N) is 2. The second-order valence-corrected chi connectivity index (χ2v) is 6.15. The van der Waals surface area contributed by atoms with Crippen LogP contribution in [0.3, 0.4) is 0 Å². The molecule has 2 aromatic rings. The number of ether oxygens (including phenoxy) is 2. The van der Waals surface area contributed by atoms with Gasteiger partial charge in [0, 0.05) is 24.1 Å². The molecule has 6 nitrogen and oxygen atoms in total. The van der Waals surface area contributed by atoms with Crippen molar-refractivity contribution >= 4 is 5.69 Å². The fourth-order valence-corrected chi connectivity index (χ4v) is 3.58. The van der Waals surface area contributed by atoms with E-state index in [0.717, 1.165) is 35.5 Å². The SMILES string of the molecule is CC(C1c2cc3c(cc2CCN1c1ccccc1)OCO3)[N+](=O)[O-]. The van der Waals surface area contributed by atoms with Gasteiger partial charge in [0.25, 0.3) is 0 Å². The first-order chi connectivity index (χ1) is 11.6. The summed E-state index contributed by atoms with van der Waals surface area (Å²) in [4.78, 5) is 13.5. The van der Waals surface area contributed by atoms with Gasteiger partial charge in [-0.2, -0.15) is 0 Å². The van der Waals surface area contributed by atoms with Crippen LogP contribution in [-0.4, -0.2) is 24.3 Å². The number of rotatable bonds is 3. The van der Waals surface area contributed by atoms with E-state index in [4.69, 9.17) is 9.47 Å². The van der Waals surface area contributed by atoms with Gasteiger partial charge in [0.05, 0.1) is 0 Å². The maximum atomic E-state index is 11.5. The van der Waals surface area contributed by atoms with E-state index in [1.54, 1.807) is 6.92 Å². The molecule has 124 valence electrons. The standard InChI is InChI=1S/C18H18N2O4/c1-12(20(21)22)18-15-10-17-16(23-11-24-17)9-13(15)7-8-19(18)14-5-3-2-4-6-14/h2-6,9-10,12,18H,7-8,11H2,1H3. The van der Waals surface area contributed by atoms with Crippen LogP contribution in [0.1, 0.15) is 24.1 Å². The molecule has 2 unspecified atom stereocenters. The second-order valence-electron chi connectivity index (χ2n) is 6.15. The lowest BCUT2D eigenvalue weighted by molar-refractivity contribution is -0.522. The molecule has 6 heteroatoms.